The molecular formula is C20H15Cl2NO3S. The third-order valence-corrected chi connectivity index (χ3v) is 5.53. The van der Waals surface area contributed by atoms with Crippen LogP contribution in [0.4, 0.5) is 5.00 Å². The average molecular weight is 420 g/mol. The van der Waals surface area contributed by atoms with E-state index in [1.165, 1.54) is 11.3 Å². The molecule has 2 N–H and O–H groups in total. The number of hydrogen-bond donors (Lipinski definition) is 2. The number of carbonyl (C=O) groups excluding carboxylic acids is 1. The van der Waals surface area contributed by atoms with E-state index in [0.29, 0.717) is 16.1 Å². The maximum Gasteiger partial charge on any atom is 0.339 e. The van der Waals surface area contributed by atoms with E-state index in [1.54, 1.807) is 29.6 Å². The lowest BCUT2D eigenvalue weighted by Crippen LogP contribution is -2.23. The topological polar surface area (TPSA) is 66.4 Å². The molecule has 1 aromatic heterocycles. The highest BCUT2D eigenvalue weighted by atomic mass is 35.5. The third kappa shape index (κ3) is 4.33. The molecule has 0 fully saturated rings. The molecule has 1 amide bonds. The van der Waals surface area contributed by atoms with Crippen LogP contribution in [0, 0.1) is 0 Å². The van der Waals surface area contributed by atoms with Gasteiger partial charge in [0.1, 0.15) is 10.6 Å². The summed E-state index contributed by atoms with van der Waals surface area (Å²) in [7, 11) is 0. The molecule has 4 nitrogen and oxygen atoms in total. The molecule has 138 valence electrons. The molecule has 1 heterocycles. The minimum absolute atomic E-state index is 0.0528. The number of carbonyl (C=O) groups is 2. The Labute approximate surface area is 170 Å². The van der Waals surface area contributed by atoms with Crippen molar-refractivity contribution in [1.82, 2.24) is 0 Å². The van der Waals surface area contributed by atoms with E-state index in [0.717, 1.165) is 5.56 Å². The van der Waals surface area contributed by atoms with E-state index < -0.39 is 11.9 Å². The van der Waals surface area contributed by atoms with Crippen molar-refractivity contribution in [3.63, 3.8) is 0 Å². The minimum atomic E-state index is -1.11. The smallest absolute Gasteiger partial charge is 0.339 e. The van der Waals surface area contributed by atoms with Crippen molar-refractivity contribution in [2.24, 2.45) is 0 Å². The van der Waals surface area contributed by atoms with Crippen LogP contribution >= 0.6 is 34.5 Å². The maximum absolute atomic E-state index is 12.7. The number of benzene rings is 2. The fourth-order valence-corrected chi connectivity index (χ4v) is 4.11. The monoisotopic (exact) mass is 419 g/mol. The van der Waals surface area contributed by atoms with Gasteiger partial charge in [-0.2, -0.15) is 0 Å². The molecule has 1 unspecified atom stereocenters. The van der Waals surface area contributed by atoms with Crippen molar-refractivity contribution in [1.29, 1.82) is 0 Å². The molecule has 0 aliphatic carbocycles. The summed E-state index contributed by atoms with van der Waals surface area (Å²) in [5.74, 6) is -1.94. The van der Waals surface area contributed by atoms with E-state index in [2.05, 4.69) is 5.32 Å². The van der Waals surface area contributed by atoms with Crippen molar-refractivity contribution < 1.29 is 14.7 Å². The van der Waals surface area contributed by atoms with Crippen molar-refractivity contribution in [3.8, 4) is 11.1 Å². The summed E-state index contributed by atoms with van der Waals surface area (Å²) >= 11 is 13.1. The fraction of sp³-hybridized carbons (Fsp3) is 0.100. The average Bonchev–Trinajstić information content (AvgIpc) is 3.07. The Morgan fingerprint density at radius 2 is 1.74 bits per heavy atom. The quantitative estimate of drug-likeness (QED) is 0.501. The van der Waals surface area contributed by atoms with Gasteiger partial charge in [0.25, 0.3) is 0 Å². The Hall–Kier alpha value is -2.34. The van der Waals surface area contributed by atoms with Gasteiger partial charge in [-0.3, -0.25) is 4.79 Å². The molecule has 2 aromatic carbocycles. The lowest BCUT2D eigenvalue weighted by atomic mass is 10.00. The van der Waals surface area contributed by atoms with Gasteiger partial charge in [-0.05, 0) is 23.3 Å². The summed E-state index contributed by atoms with van der Waals surface area (Å²) in [4.78, 5) is 24.5. The first-order valence-corrected chi connectivity index (χ1v) is 9.83. The van der Waals surface area contributed by atoms with Gasteiger partial charge in [-0.25, -0.2) is 4.79 Å². The molecule has 3 rings (SSSR count). The molecule has 0 bridgehead atoms. The molecule has 0 saturated carbocycles. The first-order chi connectivity index (χ1) is 13.0. The normalized spacial score (nSPS) is 11.8. The lowest BCUT2D eigenvalue weighted by Gasteiger charge is -2.14. The van der Waals surface area contributed by atoms with E-state index in [4.69, 9.17) is 23.2 Å². The number of anilines is 1. The van der Waals surface area contributed by atoms with Crippen LogP contribution in [0.2, 0.25) is 5.02 Å². The maximum atomic E-state index is 12.7. The summed E-state index contributed by atoms with van der Waals surface area (Å²) in [5.41, 5.74) is 2.07. The Bertz CT molecular complexity index is 955. The fourth-order valence-electron chi connectivity index (χ4n) is 2.70. The second-order valence-corrected chi connectivity index (χ2v) is 7.40. The number of aromatic carboxylic acids is 1. The predicted octanol–water partition coefficient (Wildman–Crippen LogP) is 5.73. The number of halogens is 2. The molecule has 0 aliphatic heterocycles. The molecule has 7 heteroatoms. The zero-order valence-corrected chi connectivity index (χ0v) is 16.3. The van der Waals surface area contributed by atoms with Crippen molar-refractivity contribution >= 4 is 51.4 Å². The van der Waals surface area contributed by atoms with Gasteiger partial charge in [0, 0.05) is 21.8 Å². The molecule has 1 atom stereocenters. The highest BCUT2D eigenvalue weighted by Gasteiger charge is 2.25. The number of alkyl halides is 1. The first-order valence-electron chi connectivity index (χ1n) is 8.03. The van der Waals surface area contributed by atoms with Crippen molar-refractivity contribution in [3.05, 3.63) is 76.1 Å². The van der Waals surface area contributed by atoms with Gasteiger partial charge in [-0.1, -0.05) is 54.1 Å². The van der Waals surface area contributed by atoms with E-state index in [9.17, 15) is 14.7 Å². The Morgan fingerprint density at radius 3 is 2.33 bits per heavy atom. The number of carboxylic acid groups (broad SMARTS) is 1. The van der Waals surface area contributed by atoms with Gasteiger partial charge in [0.05, 0.1) is 5.92 Å². The van der Waals surface area contributed by atoms with E-state index in [1.807, 2.05) is 30.3 Å². The molecule has 0 spiro atoms. The molecule has 27 heavy (non-hydrogen) atoms. The zero-order valence-electron chi connectivity index (χ0n) is 14.0. The van der Waals surface area contributed by atoms with Crippen LogP contribution in [0.25, 0.3) is 11.1 Å². The summed E-state index contributed by atoms with van der Waals surface area (Å²) in [5, 5.41) is 15.0. The summed E-state index contributed by atoms with van der Waals surface area (Å²) in [6.45, 7) is 0. The molecule has 0 saturated heterocycles. The molecular weight excluding hydrogens is 405 g/mol. The third-order valence-electron chi connectivity index (χ3n) is 4.07. The minimum Gasteiger partial charge on any atom is -0.478 e. The summed E-state index contributed by atoms with van der Waals surface area (Å²) in [6, 6.07) is 16.0. The van der Waals surface area contributed by atoms with Crippen LogP contribution in [-0.2, 0) is 4.79 Å². The molecule has 3 aromatic rings. The van der Waals surface area contributed by atoms with Crippen molar-refractivity contribution in [2.45, 2.75) is 5.92 Å². The molecule has 0 radical (unpaired) electrons. The standard InChI is InChI=1S/C20H15Cl2NO3S/c21-10-15(12-4-2-1-3-5-12)18(24)23-19-17(20(25)26)16(11-27-19)13-6-8-14(22)9-7-13/h1-9,11,15H,10H2,(H,23,24)(H,25,26). The number of thiophene rings is 1. The number of hydrogen-bond acceptors (Lipinski definition) is 3. The van der Waals surface area contributed by atoms with E-state index in [-0.39, 0.29) is 22.4 Å². The predicted molar refractivity (Wildman–Crippen MR) is 110 cm³/mol. The highest BCUT2D eigenvalue weighted by Crippen LogP contribution is 2.36. The second kappa shape index (κ2) is 8.57. The van der Waals surface area contributed by atoms with Gasteiger partial charge < -0.3 is 10.4 Å². The van der Waals surface area contributed by atoms with Gasteiger partial charge in [0.15, 0.2) is 0 Å². The van der Waals surface area contributed by atoms with Crippen LogP contribution in [-0.4, -0.2) is 22.9 Å². The number of carboxylic acids is 1. The van der Waals surface area contributed by atoms with E-state index >= 15 is 0 Å². The Morgan fingerprint density at radius 1 is 1.07 bits per heavy atom. The number of amides is 1. The summed E-state index contributed by atoms with van der Waals surface area (Å²) in [6.07, 6.45) is 0. The van der Waals surface area contributed by atoms with Gasteiger partial charge >= 0.3 is 5.97 Å². The van der Waals surface area contributed by atoms with Gasteiger partial charge in [-0.15, -0.1) is 22.9 Å². The highest BCUT2D eigenvalue weighted by molar-refractivity contribution is 7.15. The van der Waals surface area contributed by atoms with Crippen molar-refractivity contribution in [2.75, 3.05) is 11.2 Å². The number of rotatable bonds is 6. The largest absolute Gasteiger partial charge is 0.478 e. The van der Waals surface area contributed by atoms with Crippen LogP contribution < -0.4 is 5.32 Å². The van der Waals surface area contributed by atoms with Crippen LogP contribution in [0.5, 0.6) is 0 Å². The molecule has 0 aliphatic rings. The zero-order chi connectivity index (χ0) is 19.4. The Kier molecular flexibility index (Phi) is 6.16. The van der Waals surface area contributed by atoms with Gasteiger partial charge in [0.2, 0.25) is 5.91 Å². The first kappa shape index (κ1) is 19.4. The SMILES string of the molecule is O=C(O)c1c(-c2ccc(Cl)cc2)csc1NC(=O)C(CCl)c1ccccc1. The van der Waals surface area contributed by atoms with Crippen LogP contribution in [0.3, 0.4) is 0 Å². The Balaban J connectivity index is 1.92. The second-order valence-electron chi connectivity index (χ2n) is 5.77. The summed E-state index contributed by atoms with van der Waals surface area (Å²) < 4.78 is 0. The lowest BCUT2D eigenvalue weighted by molar-refractivity contribution is -0.117. The van der Waals surface area contributed by atoms with Crippen LogP contribution in [0.1, 0.15) is 21.8 Å². The van der Waals surface area contributed by atoms with Crippen LogP contribution in [0.15, 0.2) is 60.0 Å². The number of nitrogens with one attached hydrogen (secondary N) is 1.